The summed E-state index contributed by atoms with van der Waals surface area (Å²) in [6.45, 7) is 5.74. The lowest BCUT2D eigenvalue weighted by molar-refractivity contribution is 0.0507. The Balaban J connectivity index is 1.58. The highest BCUT2D eigenvalue weighted by Gasteiger charge is 2.24. The van der Waals surface area contributed by atoms with Crippen LogP contribution in [0.2, 0.25) is 0 Å². The molecule has 4 rings (SSSR count). The number of ether oxygens (including phenoxy) is 3. The minimum absolute atomic E-state index is 0.0387. The van der Waals surface area contributed by atoms with E-state index in [0.29, 0.717) is 42.3 Å². The molecule has 0 radical (unpaired) electrons. The lowest BCUT2D eigenvalue weighted by Gasteiger charge is -2.26. The third kappa shape index (κ3) is 4.86. The predicted octanol–water partition coefficient (Wildman–Crippen LogP) is 3.35. The SMILES string of the molecule is C=CCOc1ccc(CN(C[C@H]2CCCO2)C(=O)c2ccc3n[nH]nc3c2)cc1OC. The highest BCUT2D eigenvalue weighted by Crippen LogP contribution is 2.29. The maximum absolute atomic E-state index is 13.4. The zero-order valence-corrected chi connectivity index (χ0v) is 17.5. The van der Waals surface area contributed by atoms with Gasteiger partial charge in [0.15, 0.2) is 11.5 Å². The van der Waals surface area contributed by atoms with Gasteiger partial charge in [0, 0.05) is 25.3 Å². The largest absolute Gasteiger partial charge is 0.493 e. The number of carbonyl (C=O) groups excluding carboxylic acids is 1. The summed E-state index contributed by atoms with van der Waals surface area (Å²) >= 11 is 0. The average molecular weight is 422 g/mol. The Morgan fingerprint density at radius 1 is 1.26 bits per heavy atom. The van der Waals surface area contributed by atoms with Crippen LogP contribution in [0.5, 0.6) is 11.5 Å². The quantitative estimate of drug-likeness (QED) is 0.532. The summed E-state index contributed by atoms with van der Waals surface area (Å²) in [6.07, 6.45) is 3.68. The molecule has 162 valence electrons. The number of rotatable bonds is 9. The monoisotopic (exact) mass is 422 g/mol. The van der Waals surface area contributed by atoms with Crippen LogP contribution in [0.25, 0.3) is 11.0 Å². The van der Waals surface area contributed by atoms with Crippen LogP contribution in [0.15, 0.2) is 49.1 Å². The molecule has 1 amide bonds. The number of nitrogens with zero attached hydrogens (tertiary/aromatic N) is 3. The summed E-state index contributed by atoms with van der Waals surface area (Å²) in [5, 5.41) is 10.7. The zero-order valence-electron chi connectivity index (χ0n) is 17.5. The van der Waals surface area contributed by atoms with Crippen LogP contribution < -0.4 is 9.47 Å². The number of carbonyl (C=O) groups is 1. The average Bonchev–Trinajstić information content (AvgIpc) is 3.48. The first-order chi connectivity index (χ1) is 15.2. The molecule has 0 aliphatic carbocycles. The molecule has 2 aromatic carbocycles. The van der Waals surface area contributed by atoms with E-state index in [4.69, 9.17) is 14.2 Å². The number of methoxy groups -OCH3 is 1. The third-order valence-electron chi connectivity index (χ3n) is 5.26. The number of aromatic amines is 1. The molecule has 1 saturated heterocycles. The standard InChI is InChI=1S/C23H26N4O4/c1-3-10-31-21-9-6-16(12-22(21)29-2)14-27(15-18-5-4-11-30-18)23(28)17-7-8-19-20(13-17)25-26-24-19/h3,6-9,12-13,18H,1,4-5,10-11,14-15H2,2H3,(H,24,25,26)/t18-/m1/s1. The molecular weight excluding hydrogens is 396 g/mol. The summed E-state index contributed by atoms with van der Waals surface area (Å²) in [4.78, 5) is 15.2. The Bertz CT molecular complexity index is 1060. The van der Waals surface area contributed by atoms with Gasteiger partial charge in [0.05, 0.1) is 13.2 Å². The predicted molar refractivity (Wildman–Crippen MR) is 116 cm³/mol. The molecule has 8 nitrogen and oxygen atoms in total. The molecule has 1 N–H and O–H groups in total. The third-order valence-corrected chi connectivity index (χ3v) is 5.26. The smallest absolute Gasteiger partial charge is 0.254 e. The highest BCUT2D eigenvalue weighted by molar-refractivity contribution is 5.97. The van der Waals surface area contributed by atoms with Crippen LogP contribution in [0.4, 0.5) is 0 Å². The van der Waals surface area contributed by atoms with Crippen molar-refractivity contribution in [3.05, 3.63) is 60.2 Å². The second-order valence-corrected chi connectivity index (χ2v) is 7.43. The summed E-state index contributed by atoms with van der Waals surface area (Å²) in [5.74, 6) is 1.18. The lowest BCUT2D eigenvalue weighted by atomic mass is 10.1. The number of hydrogen-bond donors (Lipinski definition) is 1. The fourth-order valence-corrected chi connectivity index (χ4v) is 3.71. The lowest BCUT2D eigenvalue weighted by Crippen LogP contribution is -2.37. The van der Waals surface area contributed by atoms with Crippen LogP contribution in [-0.2, 0) is 11.3 Å². The van der Waals surface area contributed by atoms with E-state index in [1.165, 1.54) is 0 Å². The van der Waals surface area contributed by atoms with Crippen molar-refractivity contribution in [2.45, 2.75) is 25.5 Å². The van der Waals surface area contributed by atoms with Crippen LogP contribution >= 0.6 is 0 Å². The molecule has 0 unspecified atom stereocenters. The van der Waals surface area contributed by atoms with Crippen molar-refractivity contribution in [2.75, 3.05) is 26.9 Å². The Labute approximate surface area is 180 Å². The van der Waals surface area contributed by atoms with E-state index in [0.717, 1.165) is 30.5 Å². The first-order valence-electron chi connectivity index (χ1n) is 10.3. The molecule has 8 heteroatoms. The van der Waals surface area contributed by atoms with E-state index < -0.39 is 0 Å². The minimum atomic E-state index is -0.0775. The first kappa shape index (κ1) is 20.9. The Morgan fingerprint density at radius 2 is 2.13 bits per heavy atom. The van der Waals surface area contributed by atoms with Gasteiger partial charge in [0.25, 0.3) is 5.91 Å². The van der Waals surface area contributed by atoms with Crippen molar-refractivity contribution in [3.8, 4) is 11.5 Å². The van der Waals surface area contributed by atoms with E-state index in [1.54, 1.807) is 31.4 Å². The zero-order chi connectivity index (χ0) is 21.6. The molecule has 1 atom stereocenters. The molecule has 0 bridgehead atoms. The van der Waals surface area contributed by atoms with Crippen LogP contribution in [0.1, 0.15) is 28.8 Å². The van der Waals surface area contributed by atoms with Gasteiger partial charge < -0.3 is 19.1 Å². The number of nitrogens with one attached hydrogen (secondary N) is 1. The van der Waals surface area contributed by atoms with E-state index in [-0.39, 0.29) is 12.0 Å². The van der Waals surface area contributed by atoms with Crippen molar-refractivity contribution in [2.24, 2.45) is 0 Å². The number of amides is 1. The van der Waals surface area contributed by atoms with Crippen LogP contribution in [0.3, 0.4) is 0 Å². The van der Waals surface area contributed by atoms with E-state index in [2.05, 4.69) is 22.0 Å². The molecule has 0 spiro atoms. The summed E-state index contributed by atoms with van der Waals surface area (Å²) in [5.41, 5.74) is 2.89. The molecular formula is C23H26N4O4. The number of aromatic nitrogens is 3. The normalized spacial score (nSPS) is 15.7. The van der Waals surface area contributed by atoms with Gasteiger partial charge in [0.2, 0.25) is 0 Å². The van der Waals surface area contributed by atoms with Gasteiger partial charge in [-0.3, -0.25) is 4.79 Å². The highest BCUT2D eigenvalue weighted by atomic mass is 16.5. The number of hydrogen-bond acceptors (Lipinski definition) is 6. The van der Waals surface area contributed by atoms with E-state index in [9.17, 15) is 4.79 Å². The Kier molecular flexibility index (Phi) is 6.47. The Morgan fingerprint density at radius 3 is 2.90 bits per heavy atom. The van der Waals surface area contributed by atoms with E-state index >= 15 is 0 Å². The molecule has 2 heterocycles. The van der Waals surface area contributed by atoms with Gasteiger partial charge in [-0.15, -0.1) is 0 Å². The minimum Gasteiger partial charge on any atom is -0.493 e. The van der Waals surface area contributed by atoms with Gasteiger partial charge >= 0.3 is 0 Å². The second-order valence-electron chi connectivity index (χ2n) is 7.43. The number of benzene rings is 2. The number of fused-ring (bicyclic) bond motifs is 1. The molecule has 1 aromatic heterocycles. The van der Waals surface area contributed by atoms with Crippen molar-refractivity contribution in [1.82, 2.24) is 20.3 Å². The fourth-order valence-electron chi connectivity index (χ4n) is 3.71. The van der Waals surface area contributed by atoms with Crippen molar-refractivity contribution < 1.29 is 19.0 Å². The maximum Gasteiger partial charge on any atom is 0.254 e. The van der Waals surface area contributed by atoms with Crippen LogP contribution in [-0.4, -0.2) is 59.2 Å². The van der Waals surface area contributed by atoms with E-state index in [1.807, 2.05) is 23.1 Å². The Hall–Kier alpha value is -3.39. The van der Waals surface area contributed by atoms with Crippen molar-refractivity contribution in [3.63, 3.8) is 0 Å². The maximum atomic E-state index is 13.4. The van der Waals surface area contributed by atoms with Crippen LogP contribution in [0, 0.1) is 0 Å². The van der Waals surface area contributed by atoms with Gasteiger partial charge in [-0.1, -0.05) is 18.7 Å². The first-order valence-corrected chi connectivity index (χ1v) is 10.3. The summed E-state index contributed by atoms with van der Waals surface area (Å²) in [7, 11) is 1.60. The van der Waals surface area contributed by atoms with Gasteiger partial charge in [0.1, 0.15) is 17.6 Å². The second kappa shape index (κ2) is 9.61. The van der Waals surface area contributed by atoms with Gasteiger partial charge in [-0.25, -0.2) is 0 Å². The molecule has 0 saturated carbocycles. The van der Waals surface area contributed by atoms with Crippen molar-refractivity contribution in [1.29, 1.82) is 0 Å². The molecule has 31 heavy (non-hydrogen) atoms. The molecule has 3 aromatic rings. The van der Waals surface area contributed by atoms with Gasteiger partial charge in [-0.2, -0.15) is 15.4 Å². The molecule has 1 aliphatic rings. The summed E-state index contributed by atoms with van der Waals surface area (Å²) in [6, 6.07) is 11.0. The fraction of sp³-hybridized carbons (Fsp3) is 0.348. The summed E-state index contributed by atoms with van der Waals surface area (Å²) < 4.78 is 16.9. The van der Waals surface area contributed by atoms with Gasteiger partial charge in [-0.05, 0) is 48.7 Å². The number of H-pyrrole nitrogens is 1. The van der Waals surface area contributed by atoms with Crippen molar-refractivity contribution >= 4 is 16.9 Å². The molecule has 1 aliphatic heterocycles. The topological polar surface area (TPSA) is 89.6 Å². The molecule has 1 fully saturated rings.